The Balaban J connectivity index is 1.40. The Morgan fingerprint density at radius 3 is 2.02 bits per heavy atom. The molecular weight excluding hydrogens is 1150 g/mol. The average molecular weight is 1240 g/mol. The highest BCUT2D eigenvalue weighted by atomic mass is 35.5. The summed E-state index contributed by atoms with van der Waals surface area (Å²) in [6.07, 6.45) is -10.8. The van der Waals surface area contributed by atoms with Crippen LogP contribution in [0.5, 0.6) is 0 Å². The van der Waals surface area contributed by atoms with E-state index in [1.807, 2.05) is 63.0 Å². The molecule has 2 aromatic carbocycles. The van der Waals surface area contributed by atoms with Crippen molar-refractivity contribution in [1.29, 1.82) is 0 Å². The zero-order valence-electron chi connectivity index (χ0n) is 52.0. The Bertz CT molecular complexity index is 2590. The number of amides is 3. The highest BCUT2D eigenvalue weighted by molar-refractivity contribution is 6.31. The van der Waals surface area contributed by atoms with Crippen LogP contribution < -0.4 is 16.0 Å². The lowest BCUT2D eigenvalue weighted by molar-refractivity contribution is -0.394. The van der Waals surface area contributed by atoms with E-state index in [1.165, 1.54) is 14.0 Å². The van der Waals surface area contributed by atoms with E-state index in [1.54, 1.807) is 54.5 Å². The summed E-state index contributed by atoms with van der Waals surface area (Å²) in [5, 5.41) is 68.7. The average Bonchev–Trinajstić information content (AvgIpc) is 1.32. The maximum Gasteiger partial charge on any atom is 0.407 e. The Morgan fingerprint density at radius 1 is 0.849 bits per heavy atom. The number of aliphatic hydroxyl groups excluding tert-OH is 1. The van der Waals surface area contributed by atoms with Gasteiger partial charge in [0.15, 0.2) is 24.8 Å². The fraction of sp³-hybridized carbons (Fsp3) is 0.729. The van der Waals surface area contributed by atoms with Crippen molar-refractivity contribution >= 4 is 47.0 Å². The van der Waals surface area contributed by atoms with Crippen molar-refractivity contribution in [2.24, 2.45) is 17.8 Å². The minimum Gasteiger partial charge on any atom is -0.459 e. The van der Waals surface area contributed by atoms with E-state index in [-0.39, 0.29) is 62.5 Å². The predicted molar refractivity (Wildman–Crippen MR) is 315 cm³/mol. The number of nitro groups is 2. The van der Waals surface area contributed by atoms with Gasteiger partial charge >= 0.3 is 18.2 Å². The summed E-state index contributed by atoms with van der Waals surface area (Å²) >= 11 is 6.38. The topological polar surface area (TPSA) is 332 Å². The molecule has 3 fully saturated rings. The number of halogens is 1. The third-order valence-electron chi connectivity index (χ3n) is 17.0. The largest absolute Gasteiger partial charge is 0.459 e. The lowest BCUT2D eigenvalue weighted by Crippen LogP contribution is -2.61. The number of unbranched alkanes of at least 4 members (excludes halogenated alkanes) is 1. The van der Waals surface area contributed by atoms with Crippen LogP contribution in [0.2, 0.25) is 5.02 Å². The maximum absolute atomic E-state index is 15.0. The number of hydrogen-bond donors (Lipinski definition) is 6. The molecule has 3 aliphatic rings. The number of ether oxygens (including phenoxy) is 8. The van der Waals surface area contributed by atoms with Crippen LogP contribution in [0, 0.1) is 38.0 Å². The summed E-state index contributed by atoms with van der Waals surface area (Å²) in [6.45, 7) is 17.8. The van der Waals surface area contributed by atoms with Crippen molar-refractivity contribution < 1.29 is 82.2 Å². The number of non-ortho nitro benzene ring substituents is 2. The number of aliphatic hydroxyl groups is 3. The molecule has 2 aromatic rings. The van der Waals surface area contributed by atoms with Gasteiger partial charge in [-0.05, 0) is 126 Å². The molecule has 0 saturated carbocycles. The number of cyclic esters (lactones) is 1. The number of nitro benzene ring substituents is 2. The van der Waals surface area contributed by atoms with Crippen LogP contribution in [0.15, 0.2) is 42.5 Å². The number of hydrogen-bond acceptors (Lipinski definition) is 21. The molecule has 0 aromatic heterocycles. The Hall–Kier alpha value is -5.39. The number of benzene rings is 2. The van der Waals surface area contributed by atoms with Gasteiger partial charge in [0.2, 0.25) is 0 Å². The van der Waals surface area contributed by atoms with E-state index in [2.05, 4.69) is 16.0 Å². The lowest BCUT2D eigenvalue weighted by atomic mass is 9.77. The highest BCUT2D eigenvalue weighted by Gasteiger charge is 2.54. The van der Waals surface area contributed by atoms with E-state index in [9.17, 15) is 49.9 Å². The van der Waals surface area contributed by atoms with E-state index < -0.39 is 135 Å². The van der Waals surface area contributed by atoms with Crippen LogP contribution in [0.4, 0.5) is 21.0 Å². The molecule has 3 aliphatic heterocycles. The number of esters is 1. The first-order chi connectivity index (χ1) is 40.2. The second-order valence-corrected chi connectivity index (χ2v) is 24.7. The van der Waals surface area contributed by atoms with Crippen molar-refractivity contribution in [1.82, 2.24) is 25.8 Å². The summed E-state index contributed by atoms with van der Waals surface area (Å²) in [7, 11) is 6.93. The molecule has 0 radical (unpaired) electrons. The molecule has 27 heteroatoms. The number of carbonyl (C=O) groups is 4. The molecule has 5 rings (SSSR count). The molecule has 6 N–H and O–H groups in total. The summed E-state index contributed by atoms with van der Waals surface area (Å²) in [5.74, 6) is -4.02. The third-order valence-corrected chi connectivity index (χ3v) is 17.3. The van der Waals surface area contributed by atoms with Crippen LogP contribution in [-0.2, 0) is 49.1 Å². The number of nitrogens with one attached hydrogen (secondary N) is 3. The quantitative estimate of drug-likeness (QED) is 0.0279. The van der Waals surface area contributed by atoms with Gasteiger partial charge in [-0.3, -0.25) is 34.7 Å². The minimum atomic E-state index is -2.00. The van der Waals surface area contributed by atoms with Gasteiger partial charge in [0, 0.05) is 74.9 Å². The van der Waals surface area contributed by atoms with E-state index in [4.69, 9.17) is 49.5 Å². The minimum absolute atomic E-state index is 0.0639. The van der Waals surface area contributed by atoms with Gasteiger partial charge < -0.3 is 74.1 Å². The van der Waals surface area contributed by atoms with Gasteiger partial charge in [0.25, 0.3) is 17.3 Å². The van der Waals surface area contributed by atoms with Crippen LogP contribution in [0.3, 0.4) is 0 Å². The van der Waals surface area contributed by atoms with Gasteiger partial charge in [-0.1, -0.05) is 50.6 Å². The zero-order chi connectivity index (χ0) is 64.2. The van der Waals surface area contributed by atoms with E-state index >= 15 is 4.79 Å². The molecule has 3 saturated heterocycles. The van der Waals surface area contributed by atoms with Crippen LogP contribution in [0.25, 0.3) is 0 Å². The number of rotatable bonds is 20. The summed E-state index contributed by atoms with van der Waals surface area (Å²) in [6, 6.07) is 8.82. The second-order valence-electron chi connectivity index (χ2n) is 24.3. The van der Waals surface area contributed by atoms with Crippen molar-refractivity contribution in [2.75, 3.05) is 54.4 Å². The van der Waals surface area contributed by atoms with Crippen LogP contribution in [-0.4, -0.2) is 204 Å². The smallest absolute Gasteiger partial charge is 0.407 e. The molecule has 484 valence electrons. The second kappa shape index (κ2) is 31.2. The Kier molecular flexibility index (Phi) is 25.9. The first-order valence-corrected chi connectivity index (χ1v) is 29.8. The molecule has 3 heterocycles. The lowest BCUT2D eigenvalue weighted by Gasteiger charge is -2.49. The monoisotopic (exact) mass is 1240 g/mol. The summed E-state index contributed by atoms with van der Waals surface area (Å²) in [5.41, 5.74) is -5.67. The molecule has 3 amide bonds. The summed E-state index contributed by atoms with van der Waals surface area (Å²) < 4.78 is 51.1. The van der Waals surface area contributed by atoms with Crippen molar-refractivity contribution in [3.8, 4) is 0 Å². The molecule has 26 nitrogen and oxygen atoms in total. The SMILES string of the molecule is CC[C@H]1OC(=O)[C@H](C)[C@@H](O[C@H]2C[C@@](C)(OC)[C@@H](OC(=O)NCCCCNC(=O)c3cc([N+](=O)[O-])cc([N+](=O)[O-])c3)[C@H](C)O2)[C@H](C)[C@@H](O[C@@H]2O[C@H](C)C[C@H](N(C)C)[C@H]2O)[C@](C)(O)C[C@@H](C)CN(C)[C@H](C)[C@@H](OC(=O)NCCc2ccccc2Cl)[C@]1(C)O. The maximum atomic E-state index is 15.0. The highest BCUT2D eigenvalue weighted by Crippen LogP contribution is 2.41. The van der Waals surface area contributed by atoms with Gasteiger partial charge in [-0.2, -0.15) is 0 Å². The Labute approximate surface area is 508 Å². The van der Waals surface area contributed by atoms with Crippen LogP contribution >= 0.6 is 11.6 Å². The molecule has 0 unspecified atom stereocenters. The van der Waals surface area contributed by atoms with E-state index in [0.29, 0.717) is 37.3 Å². The zero-order valence-corrected chi connectivity index (χ0v) is 52.8. The Morgan fingerprint density at radius 2 is 1.44 bits per heavy atom. The van der Waals surface area contributed by atoms with Crippen molar-refractivity contribution in [3.05, 3.63) is 78.8 Å². The molecule has 0 aliphatic carbocycles. The van der Waals surface area contributed by atoms with E-state index in [0.717, 1.165) is 23.8 Å². The first kappa shape index (κ1) is 71.4. The molecule has 86 heavy (non-hydrogen) atoms. The van der Waals surface area contributed by atoms with Gasteiger partial charge in [0.1, 0.15) is 23.4 Å². The molecule has 0 bridgehead atoms. The number of likely N-dealkylation sites (N-methyl/N-ethyl adjacent to an activating group) is 2. The summed E-state index contributed by atoms with van der Waals surface area (Å²) in [4.78, 5) is 79.6. The number of carbonyl (C=O) groups excluding carboxylic acids is 4. The standard InChI is InChI=1S/C59H92ClN7O19/c1-15-45-59(10,74)50(85-56(72)63-25-22-39-20-16-17-21-43(39)60)37(6)65(13)32-33(2)30-57(8,73)49(84-54-47(68)44(64(11)12)26-34(3)80-54)35(4)48(36(5)53(70)82-45)83-46-31-58(9,79-14)51(38(7)81-46)86-55(71)62-24-19-18-23-61-52(69)40-27-41(66(75)76)29-42(28-40)67(77)78/h16-17,20-21,27-29,33-38,44-51,54,68,73-74H,15,18-19,22-26,30-32H2,1-14H3,(H,61,69)(H,62,71)(H,63,72)/t33-,34-,35+,36-,37-,38+,44+,45-,46+,47-,48+,49-,50-,51+,54+,57-,58-,59-/m1/s1. The predicted octanol–water partition coefficient (Wildman–Crippen LogP) is 6.29. The third kappa shape index (κ3) is 18.6. The van der Waals surface area contributed by atoms with Crippen molar-refractivity contribution in [2.45, 2.75) is 204 Å². The van der Waals surface area contributed by atoms with Gasteiger partial charge in [-0.25, -0.2) is 9.59 Å². The van der Waals surface area contributed by atoms with Gasteiger partial charge in [-0.15, -0.1) is 0 Å². The molecular formula is C59H92ClN7O19. The molecule has 18 atom stereocenters. The number of methoxy groups -OCH3 is 1. The fourth-order valence-corrected chi connectivity index (χ4v) is 12.4. The normalized spacial score (nSPS) is 34.2. The fourth-order valence-electron chi connectivity index (χ4n) is 12.1. The first-order valence-electron chi connectivity index (χ1n) is 29.5. The molecule has 0 spiro atoms. The number of nitrogens with zero attached hydrogens (tertiary/aromatic N) is 4. The van der Waals surface area contributed by atoms with Crippen molar-refractivity contribution in [3.63, 3.8) is 0 Å². The number of alkyl carbamates (subject to hydrolysis) is 2. The van der Waals surface area contributed by atoms with Gasteiger partial charge in [0.05, 0.1) is 57.4 Å². The van der Waals surface area contributed by atoms with Crippen LogP contribution in [0.1, 0.15) is 124 Å².